The van der Waals surface area contributed by atoms with E-state index in [1.54, 1.807) is 12.5 Å². The van der Waals surface area contributed by atoms with Crippen LogP contribution in [0.15, 0.2) is 16.9 Å². The minimum Gasteiger partial charge on any atom is -0.444 e. The summed E-state index contributed by atoms with van der Waals surface area (Å²) in [4.78, 5) is 8.48. The molecule has 0 aliphatic carbocycles. The Labute approximate surface area is 101 Å². The lowest BCUT2D eigenvalue weighted by Gasteiger charge is -2.19. The van der Waals surface area contributed by atoms with Gasteiger partial charge in [-0.15, -0.1) is 0 Å². The molecule has 5 nitrogen and oxygen atoms in total. The van der Waals surface area contributed by atoms with Gasteiger partial charge in [0.15, 0.2) is 0 Å². The van der Waals surface area contributed by atoms with E-state index in [0.29, 0.717) is 12.4 Å². The molecule has 2 N–H and O–H groups in total. The Morgan fingerprint density at radius 2 is 2.12 bits per heavy atom. The highest BCUT2D eigenvalue weighted by Gasteiger charge is 2.20. The number of aryl methyl sites for hydroxylation is 2. The average molecular weight is 234 g/mol. The lowest BCUT2D eigenvalue weighted by molar-refractivity contribution is 0.437. The third-order valence-electron chi connectivity index (χ3n) is 2.75. The van der Waals surface area contributed by atoms with Gasteiger partial charge in [-0.25, -0.2) is 9.97 Å². The van der Waals surface area contributed by atoms with Gasteiger partial charge < -0.3 is 14.7 Å². The quantitative estimate of drug-likeness (QED) is 0.878. The fraction of sp³-hybridized carbons (Fsp3) is 0.500. The fourth-order valence-corrected chi connectivity index (χ4v) is 1.74. The minimum atomic E-state index is -0.423. The van der Waals surface area contributed by atoms with Crippen molar-refractivity contribution >= 4 is 0 Å². The standard InChI is InChI=1S/C12H18N4O/c1-8-9(2)17-11(15-8)6-16-7-14-5-10(16)12(3,4)13/h5,7H,6,13H2,1-4H3. The Kier molecular flexibility index (Phi) is 2.79. The third-order valence-corrected chi connectivity index (χ3v) is 2.75. The van der Waals surface area contributed by atoms with Crippen LogP contribution in [0.5, 0.6) is 0 Å². The van der Waals surface area contributed by atoms with Crippen molar-refractivity contribution in [1.82, 2.24) is 14.5 Å². The van der Waals surface area contributed by atoms with Crippen LogP contribution in [0.4, 0.5) is 0 Å². The summed E-state index contributed by atoms with van der Waals surface area (Å²) in [5.41, 5.74) is 7.54. The summed E-state index contributed by atoms with van der Waals surface area (Å²) in [5, 5.41) is 0. The zero-order chi connectivity index (χ0) is 12.6. The van der Waals surface area contributed by atoms with Crippen molar-refractivity contribution in [2.45, 2.75) is 39.8 Å². The molecular formula is C12H18N4O. The van der Waals surface area contributed by atoms with Crippen molar-refractivity contribution in [1.29, 1.82) is 0 Å². The van der Waals surface area contributed by atoms with Gasteiger partial charge in [0.05, 0.1) is 23.3 Å². The first-order valence-corrected chi connectivity index (χ1v) is 5.60. The van der Waals surface area contributed by atoms with Crippen LogP contribution in [-0.2, 0) is 12.1 Å². The molecule has 2 aromatic heterocycles. The highest BCUT2D eigenvalue weighted by Crippen LogP contribution is 2.18. The fourth-order valence-electron chi connectivity index (χ4n) is 1.74. The highest BCUT2D eigenvalue weighted by molar-refractivity contribution is 5.12. The number of hydrogen-bond donors (Lipinski definition) is 1. The van der Waals surface area contributed by atoms with Crippen molar-refractivity contribution in [3.63, 3.8) is 0 Å². The van der Waals surface area contributed by atoms with E-state index in [1.807, 2.05) is 32.3 Å². The first-order chi connectivity index (χ1) is 7.88. The van der Waals surface area contributed by atoms with Crippen LogP contribution >= 0.6 is 0 Å². The van der Waals surface area contributed by atoms with Crippen molar-refractivity contribution in [3.05, 3.63) is 35.6 Å². The summed E-state index contributed by atoms with van der Waals surface area (Å²) < 4.78 is 7.52. The lowest BCUT2D eigenvalue weighted by Crippen LogP contribution is -2.31. The van der Waals surface area contributed by atoms with Crippen molar-refractivity contribution in [2.75, 3.05) is 0 Å². The zero-order valence-electron chi connectivity index (χ0n) is 10.7. The highest BCUT2D eigenvalue weighted by atomic mass is 16.4. The molecule has 0 amide bonds. The molecule has 2 rings (SSSR count). The van der Waals surface area contributed by atoms with E-state index in [1.165, 1.54) is 0 Å². The maximum atomic E-state index is 6.08. The molecule has 0 atom stereocenters. The SMILES string of the molecule is Cc1nc(Cn2cncc2C(C)(C)N)oc1C. The second kappa shape index (κ2) is 4.00. The number of imidazole rings is 1. The maximum Gasteiger partial charge on any atom is 0.214 e. The molecule has 0 fully saturated rings. The van der Waals surface area contributed by atoms with E-state index in [9.17, 15) is 0 Å². The predicted octanol–water partition coefficient (Wildman–Crippen LogP) is 1.73. The largest absolute Gasteiger partial charge is 0.444 e. The van der Waals surface area contributed by atoms with E-state index in [2.05, 4.69) is 9.97 Å². The summed E-state index contributed by atoms with van der Waals surface area (Å²) in [5.74, 6) is 1.54. The summed E-state index contributed by atoms with van der Waals surface area (Å²) in [6.07, 6.45) is 3.53. The lowest BCUT2D eigenvalue weighted by atomic mass is 10.0. The van der Waals surface area contributed by atoms with Crippen LogP contribution in [0.25, 0.3) is 0 Å². The van der Waals surface area contributed by atoms with Crippen molar-refractivity contribution in [2.24, 2.45) is 5.73 Å². The predicted molar refractivity (Wildman–Crippen MR) is 64.5 cm³/mol. The summed E-state index contributed by atoms with van der Waals surface area (Å²) >= 11 is 0. The monoisotopic (exact) mass is 234 g/mol. The number of aromatic nitrogens is 3. The van der Waals surface area contributed by atoms with E-state index < -0.39 is 5.54 Å². The van der Waals surface area contributed by atoms with Gasteiger partial charge in [-0.05, 0) is 27.7 Å². The number of nitrogens with zero attached hydrogens (tertiary/aromatic N) is 3. The van der Waals surface area contributed by atoms with Gasteiger partial charge in [-0.1, -0.05) is 0 Å². The van der Waals surface area contributed by atoms with E-state index in [-0.39, 0.29) is 0 Å². The van der Waals surface area contributed by atoms with Crippen molar-refractivity contribution < 1.29 is 4.42 Å². The summed E-state index contributed by atoms with van der Waals surface area (Å²) in [6, 6.07) is 0. The minimum absolute atomic E-state index is 0.423. The van der Waals surface area contributed by atoms with Crippen LogP contribution in [0.3, 0.4) is 0 Å². The molecule has 0 saturated heterocycles. The first kappa shape index (κ1) is 11.9. The Hall–Kier alpha value is -1.62. The van der Waals surface area contributed by atoms with Crippen LogP contribution in [0.2, 0.25) is 0 Å². The summed E-state index contributed by atoms with van der Waals surface area (Å²) in [7, 11) is 0. The van der Waals surface area contributed by atoms with Gasteiger partial charge in [-0.2, -0.15) is 0 Å². The summed E-state index contributed by atoms with van der Waals surface area (Å²) in [6.45, 7) is 8.31. The van der Waals surface area contributed by atoms with E-state index >= 15 is 0 Å². The maximum absolute atomic E-state index is 6.08. The van der Waals surface area contributed by atoms with Crippen LogP contribution in [0.1, 0.15) is 36.9 Å². The van der Waals surface area contributed by atoms with Gasteiger partial charge in [0.1, 0.15) is 12.3 Å². The second-order valence-corrected chi connectivity index (χ2v) is 4.88. The molecular weight excluding hydrogens is 216 g/mol. The Balaban J connectivity index is 2.28. The number of hydrogen-bond acceptors (Lipinski definition) is 4. The molecule has 0 aromatic carbocycles. The molecule has 0 bridgehead atoms. The molecule has 92 valence electrons. The van der Waals surface area contributed by atoms with Crippen LogP contribution in [-0.4, -0.2) is 14.5 Å². The average Bonchev–Trinajstić information content (AvgIpc) is 2.74. The molecule has 0 aliphatic heterocycles. The second-order valence-electron chi connectivity index (χ2n) is 4.88. The molecule has 17 heavy (non-hydrogen) atoms. The Morgan fingerprint density at radius 1 is 1.41 bits per heavy atom. The Morgan fingerprint density at radius 3 is 2.65 bits per heavy atom. The zero-order valence-corrected chi connectivity index (χ0v) is 10.7. The van der Waals surface area contributed by atoms with Gasteiger partial charge in [-0.3, -0.25) is 0 Å². The van der Waals surface area contributed by atoms with E-state index in [4.69, 9.17) is 10.2 Å². The van der Waals surface area contributed by atoms with Gasteiger partial charge >= 0.3 is 0 Å². The third kappa shape index (κ3) is 2.39. The molecule has 2 heterocycles. The molecule has 0 unspecified atom stereocenters. The first-order valence-electron chi connectivity index (χ1n) is 5.60. The van der Waals surface area contributed by atoms with Crippen molar-refractivity contribution in [3.8, 4) is 0 Å². The molecule has 0 spiro atoms. The molecule has 0 saturated carbocycles. The molecule has 0 aliphatic rings. The van der Waals surface area contributed by atoms with Gasteiger partial charge in [0.25, 0.3) is 0 Å². The molecule has 2 aromatic rings. The van der Waals surface area contributed by atoms with Gasteiger partial charge in [0, 0.05) is 6.20 Å². The van der Waals surface area contributed by atoms with Crippen LogP contribution < -0.4 is 5.73 Å². The number of nitrogens with two attached hydrogens (primary N) is 1. The number of oxazole rings is 1. The van der Waals surface area contributed by atoms with E-state index in [0.717, 1.165) is 17.1 Å². The van der Waals surface area contributed by atoms with Crippen LogP contribution in [0, 0.1) is 13.8 Å². The number of rotatable bonds is 3. The van der Waals surface area contributed by atoms with Gasteiger partial charge in [0.2, 0.25) is 5.89 Å². The molecule has 5 heteroatoms. The smallest absolute Gasteiger partial charge is 0.214 e. The topological polar surface area (TPSA) is 69.9 Å². The Bertz CT molecular complexity index is 499. The normalized spacial score (nSPS) is 12.1. The molecule has 0 radical (unpaired) electrons.